The van der Waals surface area contributed by atoms with Crippen LogP contribution in [0.5, 0.6) is 11.5 Å². The zero-order valence-electron chi connectivity index (χ0n) is 20.2. The number of ether oxygens (including phenoxy) is 2. The average Bonchev–Trinajstić information content (AvgIpc) is 3.23. The van der Waals surface area contributed by atoms with Crippen molar-refractivity contribution in [1.29, 1.82) is 0 Å². The second-order valence-electron chi connectivity index (χ2n) is 8.71. The van der Waals surface area contributed by atoms with Crippen molar-refractivity contribution >= 4 is 36.3 Å². The third kappa shape index (κ3) is 4.01. The van der Waals surface area contributed by atoms with Gasteiger partial charge in [0.15, 0.2) is 0 Å². The van der Waals surface area contributed by atoms with Crippen LogP contribution in [-0.2, 0) is 14.2 Å². The maximum Gasteiger partial charge on any atom is 0.275 e. The molecule has 2 fully saturated rings. The van der Waals surface area contributed by atoms with Crippen molar-refractivity contribution in [3.05, 3.63) is 78.9 Å². The first-order valence-corrected chi connectivity index (χ1v) is 13.5. The summed E-state index contributed by atoms with van der Waals surface area (Å²) in [5, 5.41) is 0. The molecule has 3 aromatic rings. The van der Waals surface area contributed by atoms with Crippen LogP contribution in [-0.4, -0.2) is 44.8 Å². The van der Waals surface area contributed by atoms with Crippen molar-refractivity contribution < 1.29 is 23.6 Å². The second-order valence-corrected chi connectivity index (χ2v) is 11.5. The zero-order chi connectivity index (χ0) is 25.3. The van der Waals surface area contributed by atoms with Gasteiger partial charge in [0.05, 0.1) is 19.9 Å². The Morgan fingerprint density at radius 3 is 1.69 bits per heavy atom. The summed E-state index contributed by atoms with van der Waals surface area (Å²) in [5.41, 5.74) is 0.923. The van der Waals surface area contributed by atoms with E-state index in [1.165, 1.54) is 4.90 Å². The largest absolute Gasteiger partial charge is 0.497 e. The molecular formula is C27H28N3O5P. The molecule has 9 heteroatoms. The van der Waals surface area contributed by atoms with Crippen LogP contribution in [0.4, 0.5) is 17.1 Å². The first-order valence-electron chi connectivity index (χ1n) is 11.8. The van der Waals surface area contributed by atoms with Gasteiger partial charge in [0.25, 0.3) is 7.44 Å². The van der Waals surface area contributed by atoms with Crippen LogP contribution in [0.25, 0.3) is 0 Å². The molecule has 8 nitrogen and oxygen atoms in total. The second kappa shape index (κ2) is 9.70. The number of hydrogen-bond donors (Lipinski definition) is 0. The Kier molecular flexibility index (Phi) is 6.46. The number of hydrogen-bond acceptors (Lipinski definition) is 5. The number of nitrogens with zero attached hydrogens (tertiary/aromatic N) is 3. The van der Waals surface area contributed by atoms with E-state index in [-0.39, 0.29) is 12.3 Å². The van der Waals surface area contributed by atoms with E-state index in [0.29, 0.717) is 30.3 Å². The van der Waals surface area contributed by atoms with Crippen molar-refractivity contribution in [3.8, 4) is 11.5 Å². The summed E-state index contributed by atoms with van der Waals surface area (Å²) in [6.45, 7) is 0.999. The van der Waals surface area contributed by atoms with Crippen LogP contribution in [0.3, 0.4) is 0 Å². The van der Waals surface area contributed by atoms with Gasteiger partial charge in [-0.25, -0.2) is 4.90 Å². The van der Waals surface area contributed by atoms with Gasteiger partial charge in [0, 0.05) is 30.9 Å². The molecule has 0 aromatic heterocycles. The summed E-state index contributed by atoms with van der Waals surface area (Å²) in [7, 11) is -0.470. The molecule has 2 heterocycles. The molecule has 1 unspecified atom stereocenters. The summed E-state index contributed by atoms with van der Waals surface area (Å²) in [5.74, 6) is 0.578. The lowest BCUT2D eigenvalue weighted by Gasteiger charge is -2.47. The van der Waals surface area contributed by atoms with Gasteiger partial charge in [0.1, 0.15) is 17.2 Å². The summed E-state index contributed by atoms with van der Waals surface area (Å²) in [6, 6.07) is 23.4. The number of rotatable bonds is 6. The molecule has 0 spiro atoms. The monoisotopic (exact) mass is 505 g/mol. The molecule has 2 aliphatic rings. The third-order valence-corrected chi connectivity index (χ3v) is 10.2. The lowest BCUT2D eigenvalue weighted by atomic mass is 10.2. The molecule has 0 saturated carbocycles. The van der Waals surface area contributed by atoms with Crippen LogP contribution in [0.1, 0.15) is 12.8 Å². The maximum atomic E-state index is 15.3. The fourth-order valence-corrected chi connectivity index (χ4v) is 8.46. The number of carbonyl (C=O) groups is 2. The SMILES string of the molecule is COc1ccc(N2CCCN(c3ccc(OC)cc3)P2(=O)C2CC(=O)N(c3ccccc3)C2=O)cc1. The lowest BCUT2D eigenvalue weighted by Crippen LogP contribution is -2.46. The molecule has 36 heavy (non-hydrogen) atoms. The first-order chi connectivity index (χ1) is 17.5. The van der Waals surface area contributed by atoms with Crippen molar-refractivity contribution in [1.82, 2.24) is 0 Å². The highest BCUT2D eigenvalue weighted by Crippen LogP contribution is 2.64. The third-order valence-electron chi connectivity index (χ3n) is 6.72. The van der Waals surface area contributed by atoms with Crippen LogP contribution >= 0.6 is 7.44 Å². The van der Waals surface area contributed by atoms with Crippen molar-refractivity contribution in [2.24, 2.45) is 0 Å². The Balaban J connectivity index is 1.61. The van der Waals surface area contributed by atoms with E-state index >= 15 is 4.57 Å². The predicted molar refractivity (Wildman–Crippen MR) is 140 cm³/mol. The minimum absolute atomic E-state index is 0.121. The van der Waals surface area contributed by atoms with Gasteiger partial charge in [-0.1, -0.05) is 18.2 Å². The quantitative estimate of drug-likeness (QED) is 0.347. The fourth-order valence-electron chi connectivity index (χ4n) is 4.95. The van der Waals surface area contributed by atoms with Crippen LogP contribution in [0.2, 0.25) is 0 Å². The Labute approximate surface area is 210 Å². The van der Waals surface area contributed by atoms with Crippen LogP contribution in [0.15, 0.2) is 78.9 Å². The molecule has 0 radical (unpaired) electrons. The van der Waals surface area contributed by atoms with E-state index in [2.05, 4.69) is 0 Å². The standard InChI is InChI=1S/C27H28N3O5P/c1-34-23-13-9-20(10-14-23)28-17-6-18-29(21-11-15-24(35-2)16-12-21)36(28,33)25-19-26(31)30(27(25)32)22-7-4-3-5-8-22/h3-5,7-16,25H,6,17-19H2,1-2H3. The number of methoxy groups -OCH3 is 2. The Hall–Kier alpha value is -3.77. The maximum absolute atomic E-state index is 15.3. The van der Waals surface area contributed by atoms with Gasteiger partial charge in [0.2, 0.25) is 11.8 Å². The highest BCUT2D eigenvalue weighted by Gasteiger charge is 2.56. The highest BCUT2D eigenvalue weighted by molar-refractivity contribution is 7.69. The normalized spacial score (nSPS) is 19.5. The molecule has 2 amide bonds. The molecule has 2 saturated heterocycles. The average molecular weight is 506 g/mol. The topological polar surface area (TPSA) is 79.4 Å². The van der Waals surface area contributed by atoms with E-state index < -0.39 is 19.0 Å². The summed E-state index contributed by atoms with van der Waals surface area (Å²) in [4.78, 5) is 28.1. The number of amides is 2. The summed E-state index contributed by atoms with van der Waals surface area (Å²) in [6.07, 6.45) is 0.615. The number of para-hydroxylation sites is 1. The van der Waals surface area contributed by atoms with Gasteiger partial charge >= 0.3 is 0 Å². The van der Waals surface area contributed by atoms with E-state index in [9.17, 15) is 9.59 Å². The first kappa shape index (κ1) is 23.9. The van der Waals surface area contributed by atoms with Gasteiger partial charge in [-0.2, -0.15) is 0 Å². The molecule has 186 valence electrons. The van der Waals surface area contributed by atoms with Gasteiger partial charge in [-0.05, 0) is 67.1 Å². The number of carbonyl (C=O) groups excluding carboxylic acids is 2. The smallest absolute Gasteiger partial charge is 0.275 e. The summed E-state index contributed by atoms with van der Waals surface area (Å²) < 4.78 is 29.6. The Morgan fingerprint density at radius 2 is 1.22 bits per heavy atom. The number of imide groups is 1. The predicted octanol–water partition coefficient (Wildman–Crippen LogP) is 4.95. The fraction of sp³-hybridized carbons (Fsp3) is 0.259. The van der Waals surface area contributed by atoms with E-state index in [1.807, 2.05) is 63.9 Å². The van der Waals surface area contributed by atoms with Crippen LogP contribution in [0, 0.1) is 0 Å². The minimum Gasteiger partial charge on any atom is -0.497 e. The number of anilines is 3. The zero-order valence-corrected chi connectivity index (χ0v) is 21.1. The Bertz CT molecular complexity index is 1240. The molecular weight excluding hydrogens is 477 g/mol. The van der Waals surface area contributed by atoms with Gasteiger partial charge < -0.3 is 18.8 Å². The van der Waals surface area contributed by atoms with E-state index in [4.69, 9.17) is 9.47 Å². The van der Waals surface area contributed by atoms with E-state index in [0.717, 1.165) is 17.8 Å². The summed E-state index contributed by atoms with van der Waals surface area (Å²) >= 11 is 0. The van der Waals surface area contributed by atoms with Crippen molar-refractivity contribution in [3.63, 3.8) is 0 Å². The Morgan fingerprint density at radius 1 is 0.722 bits per heavy atom. The molecule has 5 rings (SSSR count). The molecule has 0 bridgehead atoms. The van der Waals surface area contributed by atoms with E-state index in [1.54, 1.807) is 38.5 Å². The molecule has 3 aromatic carbocycles. The van der Waals surface area contributed by atoms with Crippen molar-refractivity contribution in [2.75, 3.05) is 41.5 Å². The molecule has 0 aliphatic carbocycles. The number of benzene rings is 3. The minimum atomic E-state index is -3.65. The van der Waals surface area contributed by atoms with Gasteiger partial charge in [-0.3, -0.25) is 14.2 Å². The molecule has 0 N–H and O–H groups in total. The lowest BCUT2D eigenvalue weighted by molar-refractivity contribution is -0.121. The van der Waals surface area contributed by atoms with Crippen molar-refractivity contribution in [2.45, 2.75) is 18.5 Å². The highest BCUT2D eigenvalue weighted by atomic mass is 31.2. The van der Waals surface area contributed by atoms with Crippen LogP contribution < -0.4 is 23.7 Å². The molecule has 2 aliphatic heterocycles. The van der Waals surface area contributed by atoms with Gasteiger partial charge in [-0.15, -0.1) is 0 Å². The molecule has 1 atom stereocenters.